The summed E-state index contributed by atoms with van der Waals surface area (Å²) in [6.07, 6.45) is 11.1. The van der Waals surface area contributed by atoms with Crippen LogP contribution in [0.15, 0.2) is 18.5 Å². The molecule has 14 heavy (non-hydrogen) atoms. The molecule has 0 fully saturated rings. The molecule has 0 spiro atoms. The Labute approximate surface area is 85.5 Å². The summed E-state index contributed by atoms with van der Waals surface area (Å²) in [5, 5.41) is 7.43. The van der Waals surface area contributed by atoms with Crippen molar-refractivity contribution < 1.29 is 0 Å². The average molecular weight is 191 g/mol. The van der Waals surface area contributed by atoms with Crippen molar-refractivity contribution in [2.24, 2.45) is 0 Å². The van der Waals surface area contributed by atoms with E-state index in [1.54, 1.807) is 6.20 Å². The van der Waals surface area contributed by atoms with Crippen LogP contribution in [0, 0.1) is 12.3 Å². The number of aromatic nitrogens is 2. The Balaban J connectivity index is 2.08. The first-order valence-electron chi connectivity index (χ1n) is 5.03. The van der Waals surface area contributed by atoms with Gasteiger partial charge in [0, 0.05) is 18.9 Å². The quantitative estimate of drug-likeness (QED) is 0.542. The maximum Gasteiger partial charge on any atom is 0.0684 e. The highest BCUT2D eigenvalue weighted by atomic mass is 15.3. The maximum absolute atomic E-state index is 5.33. The summed E-state index contributed by atoms with van der Waals surface area (Å²) in [6.45, 7) is 3.98. The lowest BCUT2D eigenvalue weighted by atomic mass is 10.2. The topological polar surface area (TPSA) is 29.9 Å². The van der Waals surface area contributed by atoms with Crippen LogP contribution in [-0.4, -0.2) is 22.4 Å². The van der Waals surface area contributed by atoms with Crippen LogP contribution in [0.1, 0.15) is 19.8 Å². The van der Waals surface area contributed by atoms with Crippen molar-refractivity contribution in [3.63, 3.8) is 0 Å². The van der Waals surface area contributed by atoms with Crippen LogP contribution in [0.4, 0.5) is 0 Å². The molecule has 0 saturated carbocycles. The molecule has 76 valence electrons. The van der Waals surface area contributed by atoms with E-state index in [1.807, 2.05) is 16.9 Å². The minimum absolute atomic E-state index is 0.215. The molecule has 0 aliphatic rings. The highest BCUT2D eigenvalue weighted by Crippen LogP contribution is 1.91. The molecule has 1 heterocycles. The minimum Gasteiger partial charge on any atom is -0.304 e. The monoisotopic (exact) mass is 191 g/mol. The van der Waals surface area contributed by atoms with E-state index in [2.05, 4.69) is 23.3 Å². The van der Waals surface area contributed by atoms with Crippen molar-refractivity contribution in [3.05, 3.63) is 18.5 Å². The summed E-state index contributed by atoms with van der Waals surface area (Å²) < 4.78 is 1.93. The van der Waals surface area contributed by atoms with Crippen LogP contribution >= 0.6 is 0 Å². The summed E-state index contributed by atoms with van der Waals surface area (Å²) in [5.74, 6) is 2.71. The van der Waals surface area contributed by atoms with Gasteiger partial charge in [-0.1, -0.05) is 12.8 Å². The molecular formula is C11H17N3. The molecule has 3 nitrogen and oxygen atoms in total. The lowest BCUT2D eigenvalue weighted by Crippen LogP contribution is -2.28. The van der Waals surface area contributed by atoms with Gasteiger partial charge in [-0.3, -0.25) is 4.68 Å². The molecule has 1 atom stereocenters. The van der Waals surface area contributed by atoms with E-state index < -0.39 is 0 Å². The van der Waals surface area contributed by atoms with E-state index >= 15 is 0 Å². The van der Waals surface area contributed by atoms with Crippen molar-refractivity contribution >= 4 is 0 Å². The third-order valence-corrected chi connectivity index (χ3v) is 2.12. The number of nitrogens with one attached hydrogen (secondary N) is 1. The Morgan fingerprint density at radius 3 is 3.07 bits per heavy atom. The van der Waals surface area contributed by atoms with Crippen molar-refractivity contribution in [2.75, 3.05) is 6.54 Å². The van der Waals surface area contributed by atoms with Gasteiger partial charge < -0.3 is 5.32 Å². The molecule has 0 saturated heterocycles. The Bertz CT molecular complexity index is 271. The minimum atomic E-state index is 0.215. The van der Waals surface area contributed by atoms with Gasteiger partial charge in [0.2, 0.25) is 0 Å². The first kappa shape index (κ1) is 10.8. The third-order valence-electron chi connectivity index (χ3n) is 2.12. The maximum atomic E-state index is 5.33. The second-order valence-corrected chi connectivity index (χ2v) is 3.20. The number of terminal acetylenes is 1. The van der Waals surface area contributed by atoms with E-state index in [1.165, 1.54) is 0 Å². The van der Waals surface area contributed by atoms with E-state index in [9.17, 15) is 0 Å². The van der Waals surface area contributed by atoms with Crippen LogP contribution in [0.25, 0.3) is 0 Å². The highest BCUT2D eigenvalue weighted by molar-refractivity contribution is 4.97. The molecule has 1 aromatic heterocycles. The normalized spacial score (nSPS) is 12.3. The van der Waals surface area contributed by atoms with Gasteiger partial charge in [-0.2, -0.15) is 5.10 Å². The molecule has 0 radical (unpaired) electrons. The van der Waals surface area contributed by atoms with Crippen LogP contribution in [0.5, 0.6) is 0 Å². The summed E-state index contributed by atoms with van der Waals surface area (Å²) in [5.41, 5.74) is 0. The Morgan fingerprint density at radius 2 is 2.50 bits per heavy atom. The zero-order chi connectivity index (χ0) is 10.2. The standard InChI is InChI=1S/C11H17N3/c1-3-11(4-2)12-7-5-9-14-10-6-8-13-14/h1,6,8,10-12H,4-5,7,9H2,2H3. The second kappa shape index (κ2) is 6.22. The fraction of sp³-hybridized carbons (Fsp3) is 0.545. The smallest absolute Gasteiger partial charge is 0.0684 e. The van der Waals surface area contributed by atoms with Crippen LogP contribution in [-0.2, 0) is 6.54 Å². The van der Waals surface area contributed by atoms with E-state index in [-0.39, 0.29) is 6.04 Å². The second-order valence-electron chi connectivity index (χ2n) is 3.20. The molecule has 1 rings (SSSR count). The van der Waals surface area contributed by atoms with E-state index in [0.717, 1.165) is 25.9 Å². The fourth-order valence-electron chi connectivity index (χ4n) is 1.27. The summed E-state index contributed by atoms with van der Waals surface area (Å²) in [6, 6.07) is 2.15. The lowest BCUT2D eigenvalue weighted by Gasteiger charge is -2.09. The van der Waals surface area contributed by atoms with Gasteiger partial charge >= 0.3 is 0 Å². The zero-order valence-electron chi connectivity index (χ0n) is 8.61. The summed E-state index contributed by atoms with van der Waals surface area (Å²) >= 11 is 0. The molecule has 0 aliphatic carbocycles. The molecular weight excluding hydrogens is 174 g/mol. The molecule has 0 amide bonds. The number of aryl methyl sites for hydroxylation is 1. The summed E-state index contributed by atoms with van der Waals surface area (Å²) in [7, 11) is 0. The van der Waals surface area contributed by atoms with Crippen LogP contribution in [0.2, 0.25) is 0 Å². The summed E-state index contributed by atoms with van der Waals surface area (Å²) in [4.78, 5) is 0. The number of rotatable bonds is 6. The lowest BCUT2D eigenvalue weighted by molar-refractivity contribution is 0.517. The average Bonchev–Trinajstić information content (AvgIpc) is 2.71. The van der Waals surface area contributed by atoms with Crippen molar-refractivity contribution in [1.29, 1.82) is 0 Å². The highest BCUT2D eigenvalue weighted by Gasteiger charge is 1.98. The van der Waals surface area contributed by atoms with E-state index in [0.29, 0.717) is 0 Å². The number of hydrogen-bond donors (Lipinski definition) is 1. The van der Waals surface area contributed by atoms with Gasteiger partial charge in [0.25, 0.3) is 0 Å². The fourth-order valence-corrected chi connectivity index (χ4v) is 1.27. The molecule has 1 N–H and O–H groups in total. The molecule has 1 aromatic rings. The first-order chi connectivity index (χ1) is 6.86. The zero-order valence-corrected chi connectivity index (χ0v) is 8.61. The van der Waals surface area contributed by atoms with Crippen molar-refractivity contribution in [1.82, 2.24) is 15.1 Å². The van der Waals surface area contributed by atoms with Crippen LogP contribution < -0.4 is 5.32 Å². The number of hydrogen-bond acceptors (Lipinski definition) is 2. The Kier molecular flexibility index (Phi) is 4.81. The first-order valence-corrected chi connectivity index (χ1v) is 5.03. The van der Waals surface area contributed by atoms with Crippen LogP contribution in [0.3, 0.4) is 0 Å². The predicted octanol–water partition coefficient (Wildman–Crippen LogP) is 1.27. The van der Waals surface area contributed by atoms with Gasteiger partial charge in [-0.25, -0.2) is 0 Å². The van der Waals surface area contributed by atoms with Gasteiger partial charge in [0.1, 0.15) is 0 Å². The van der Waals surface area contributed by atoms with E-state index in [4.69, 9.17) is 6.42 Å². The van der Waals surface area contributed by atoms with Crippen molar-refractivity contribution in [3.8, 4) is 12.3 Å². The van der Waals surface area contributed by atoms with Gasteiger partial charge in [-0.05, 0) is 25.5 Å². The Hall–Kier alpha value is -1.27. The van der Waals surface area contributed by atoms with Crippen molar-refractivity contribution in [2.45, 2.75) is 32.4 Å². The SMILES string of the molecule is C#CC(CC)NCCCn1cccn1. The Morgan fingerprint density at radius 1 is 1.64 bits per heavy atom. The molecule has 3 heteroatoms. The van der Waals surface area contributed by atoms with Gasteiger partial charge in [0.15, 0.2) is 0 Å². The molecule has 0 bridgehead atoms. The third kappa shape index (κ3) is 3.63. The number of nitrogens with zero attached hydrogens (tertiary/aromatic N) is 2. The van der Waals surface area contributed by atoms with Gasteiger partial charge in [-0.15, -0.1) is 6.42 Å². The molecule has 1 unspecified atom stereocenters. The molecule has 0 aliphatic heterocycles. The van der Waals surface area contributed by atoms with Gasteiger partial charge in [0.05, 0.1) is 6.04 Å². The largest absolute Gasteiger partial charge is 0.304 e. The predicted molar refractivity (Wildman–Crippen MR) is 57.8 cm³/mol. The molecule has 0 aromatic carbocycles.